The fourth-order valence-electron chi connectivity index (χ4n) is 3.54. The van der Waals surface area contributed by atoms with Crippen LogP contribution in [0.4, 0.5) is 0 Å². The van der Waals surface area contributed by atoms with Crippen LogP contribution in [0, 0.1) is 5.41 Å². The number of nitrogens with zero attached hydrogens (tertiary/aromatic N) is 2. The molecule has 0 spiro atoms. The van der Waals surface area contributed by atoms with Gasteiger partial charge in [0, 0.05) is 31.3 Å². The second kappa shape index (κ2) is 7.85. The molecule has 0 saturated carbocycles. The number of benzene rings is 1. The van der Waals surface area contributed by atoms with Crippen molar-refractivity contribution in [2.45, 2.75) is 24.2 Å². The second-order valence-electron chi connectivity index (χ2n) is 7.41. The van der Waals surface area contributed by atoms with Gasteiger partial charge in [-0.2, -0.15) is 0 Å². The van der Waals surface area contributed by atoms with Crippen molar-refractivity contribution in [2.24, 2.45) is 5.41 Å². The van der Waals surface area contributed by atoms with Crippen molar-refractivity contribution in [1.29, 1.82) is 0 Å². The highest BCUT2D eigenvalue weighted by atomic mass is 32.2. The zero-order chi connectivity index (χ0) is 18.7. The van der Waals surface area contributed by atoms with Crippen molar-refractivity contribution in [1.82, 2.24) is 9.80 Å². The molecule has 1 N–H and O–H groups in total. The molecule has 1 unspecified atom stereocenters. The van der Waals surface area contributed by atoms with E-state index in [4.69, 9.17) is 0 Å². The number of carbonyl (C=O) groups is 1. The van der Waals surface area contributed by atoms with Crippen LogP contribution in [0.5, 0.6) is 0 Å². The number of piperidine rings is 1. The third-order valence-corrected chi connectivity index (χ3v) is 5.84. The number of aliphatic hydroxyl groups excluding tert-OH is 1. The lowest BCUT2D eigenvalue weighted by molar-refractivity contribution is -0.135. The summed E-state index contributed by atoms with van der Waals surface area (Å²) in [7, 11) is 0.721. The molecule has 1 aliphatic rings. The Balaban J connectivity index is 2.05. The summed E-state index contributed by atoms with van der Waals surface area (Å²) in [6, 6.07) is 6.46. The highest BCUT2D eigenvalue weighted by Gasteiger charge is 2.37. The van der Waals surface area contributed by atoms with Crippen LogP contribution in [0.3, 0.4) is 0 Å². The van der Waals surface area contributed by atoms with Gasteiger partial charge in [0.1, 0.15) is 0 Å². The highest BCUT2D eigenvalue weighted by Crippen LogP contribution is 2.30. The Morgan fingerprint density at radius 3 is 2.44 bits per heavy atom. The first kappa shape index (κ1) is 19.9. The van der Waals surface area contributed by atoms with Crippen molar-refractivity contribution in [3.8, 4) is 0 Å². The smallest absolute Gasteiger partial charge is 0.227 e. The first-order valence-corrected chi connectivity index (χ1v) is 10.4. The molecule has 0 aliphatic carbocycles. The van der Waals surface area contributed by atoms with Gasteiger partial charge in [0.15, 0.2) is 9.84 Å². The van der Waals surface area contributed by atoms with Crippen molar-refractivity contribution >= 4 is 15.7 Å². The van der Waals surface area contributed by atoms with Crippen LogP contribution in [0.15, 0.2) is 29.2 Å². The van der Waals surface area contributed by atoms with E-state index in [2.05, 4.69) is 0 Å². The number of rotatable bonds is 6. The molecule has 1 atom stereocenters. The predicted molar refractivity (Wildman–Crippen MR) is 97.1 cm³/mol. The molecular formula is C18H28N2O4S. The first-order chi connectivity index (χ1) is 11.6. The molecule has 0 bridgehead atoms. The van der Waals surface area contributed by atoms with E-state index in [1.54, 1.807) is 12.1 Å². The molecule has 25 heavy (non-hydrogen) atoms. The lowest BCUT2D eigenvalue weighted by Crippen LogP contribution is -2.52. The van der Waals surface area contributed by atoms with Crippen molar-refractivity contribution in [3.63, 3.8) is 0 Å². The number of aliphatic hydroxyl groups is 1. The quantitative estimate of drug-likeness (QED) is 0.803. The zero-order valence-electron chi connectivity index (χ0n) is 15.2. The molecule has 6 nitrogen and oxygen atoms in total. The summed E-state index contributed by atoms with van der Waals surface area (Å²) in [5.41, 5.74) is 0.530. The van der Waals surface area contributed by atoms with Gasteiger partial charge in [-0.1, -0.05) is 12.1 Å². The maximum Gasteiger partial charge on any atom is 0.227 e. The molecule has 1 aromatic carbocycles. The van der Waals surface area contributed by atoms with Crippen LogP contribution in [0.2, 0.25) is 0 Å². The maximum atomic E-state index is 12.7. The molecule has 2 rings (SSSR count). The van der Waals surface area contributed by atoms with E-state index >= 15 is 0 Å². The number of likely N-dealkylation sites (tertiary alicyclic amines) is 1. The molecule has 1 amide bonds. The van der Waals surface area contributed by atoms with Crippen molar-refractivity contribution in [3.05, 3.63) is 29.8 Å². The molecule has 1 saturated heterocycles. The molecule has 0 radical (unpaired) electrons. The fourth-order valence-corrected chi connectivity index (χ4v) is 4.17. The number of amides is 1. The van der Waals surface area contributed by atoms with E-state index in [0.717, 1.165) is 24.9 Å². The van der Waals surface area contributed by atoms with Gasteiger partial charge in [-0.25, -0.2) is 8.42 Å². The predicted octanol–water partition coefficient (Wildman–Crippen LogP) is 0.795. The van der Waals surface area contributed by atoms with Crippen LogP contribution in [-0.4, -0.2) is 75.8 Å². The average Bonchev–Trinajstić information content (AvgIpc) is 2.54. The Morgan fingerprint density at radius 2 is 1.92 bits per heavy atom. The van der Waals surface area contributed by atoms with E-state index in [1.807, 2.05) is 23.9 Å². The number of hydrogen-bond donors (Lipinski definition) is 1. The number of hydrogen-bond acceptors (Lipinski definition) is 5. The standard InChI is InChI=1S/C18H28N2O4S/c1-19(2)12-18(14-21)9-4-10-20(13-18)17(22)11-15-5-7-16(8-6-15)25(3,23)24/h5-8,21H,4,9-14H2,1-3H3. The average molecular weight is 368 g/mol. The van der Waals surface area contributed by atoms with Crippen LogP contribution in [0.1, 0.15) is 18.4 Å². The monoisotopic (exact) mass is 368 g/mol. The Labute approximate surface area is 150 Å². The minimum absolute atomic E-state index is 0.0170. The van der Waals surface area contributed by atoms with Gasteiger partial charge in [-0.3, -0.25) is 4.79 Å². The summed E-state index contributed by atoms with van der Waals surface area (Å²) in [6.07, 6.45) is 3.20. The van der Waals surface area contributed by atoms with E-state index in [0.29, 0.717) is 13.1 Å². The Bertz CT molecular complexity index is 700. The molecule has 1 aliphatic heterocycles. The van der Waals surface area contributed by atoms with Gasteiger partial charge in [0.05, 0.1) is 17.9 Å². The Hall–Kier alpha value is -1.44. The van der Waals surface area contributed by atoms with Gasteiger partial charge in [0.25, 0.3) is 0 Å². The Kier molecular flexibility index (Phi) is 6.24. The van der Waals surface area contributed by atoms with Crippen molar-refractivity contribution < 1.29 is 18.3 Å². The van der Waals surface area contributed by atoms with Gasteiger partial charge >= 0.3 is 0 Å². The first-order valence-electron chi connectivity index (χ1n) is 8.48. The highest BCUT2D eigenvalue weighted by molar-refractivity contribution is 7.90. The SMILES string of the molecule is CN(C)CC1(CO)CCCN(C(=O)Cc2ccc(S(C)(=O)=O)cc2)C1. The molecule has 1 aromatic rings. The third-order valence-electron chi connectivity index (χ3n) is 4.71. The summed E-state index contributed by atoms with van der Waals surface area (Å²) in [5.74, 6) is 0.0170. The van der Waals surface area contributed by atoms with Crippen LogP contribution in [-0.2, 0) is 21.1 Å². The fraction of sp³-hybridized carbons (Fsp3) is 0.611. The lowest BCUT2D eigenvalue weighted by atomic mass is 9.80. The summed E-state index contributed by atoms with van der Waals surface area (Å²) >= 11 is 0. The molecule has 0 aromatic heterocycles. The molecule has 7 heteroatoms. The summed E-state index contributed by atoms with van der Waals surface area (Å²) < 4.78 is 23.0. The summed E-state index contributed by atoms with van der Waals surface area (Å²) in [4.78, 5) is 16.8. The number of carbonyl (C=O) groups excluding carboxylic acids is 1. The maximum absolute atomic E-state index is 12.7. The van der Waals surface area contributed by atoms with E-state index in [1.165, 1.54) is 18.4 Å². The summed E-state index contributed by atoms with van der Waals surface area (Å²) in [6.45, 7) is 2.08. The minimum atomic E-state index is -3.23. The van der Waals surface area contributed by atoms with E-state index in [9.17, 15) is 18.3 Å². The van der Waals surface area contributed by atoms with Crippen molar-refractivity contribution in [2.75, 3.05) is 46.6 Å². The van der Waals surface area contributed by atoms with Gasteiger partial charge in [-0.05, 0) is 44.6 Å². The lowest BCUT2D eigenvalue weighted by Gasteiger charge is -2.43. The summed E-state index contributed by atoms with van der Waals surface area (Å²) in [5, 5.41) is 9.86. The van der Waals surface area contributed by atoms with Gasteiger partial charge in [0.2, 0.25) is 5.91 Å². The molecule has 1 heterocycles. The van der Waals surface area contributed by atoms with E-state index in [-0.39, 0.29) is 29.2 Å². The molecule has 1 fully saturated rings. The molecular weight excluding hydrogens is 340 g/mol. The van der Waals surface area contributed by atoms with Crippen LogP contribution >= 0.6 is 0 Å². The van der Waals surface area contributed by atoms with E-state index < -0.39 is 9.84 Å². The normalized spacial score (nSPS) is 21.6. The second-order valence-corrected chi connectivity index (χ2v) is 9.42. The molecule has 140 valence electrons. The van der Waals surface area contributed by atoms with Gasteiger partial charge < -0.3 is 14.9 Å². The largest absolute Gasteiger partial charge is 0.396 e. The Morgan fingerprint density at radius 1 is 1.28 bits per heavy atom. The van der Waals surface area contributed by atoms with Gasteiger partial charge in [-0.15, -0.1) is 0 Å². The zero-order valence-corrected chi connectivity index (χ0v) is 16.1. The third kappa shape index (κ3) is 5.26. The minimum Gasteiger partial charge on any atom is -0.396 e. The van der Waals surface area contributed by atoms with Crippen LogP contribution in [0.25, 0.3) is 0 Å². The van der Waals surface area contributed by atoms with Crippen LogP contribution < -0.4 is 0 Å². The topological polar surface area (TPSA) is 77.9 Å². The number of sulfone groups is 1.